The Morgan fingerprint density at radius 1 is 1.00 bits per heavy atom. The minimum atomic E-state index is -0.181. The van der Waals surface area contributed by atoms with E-state index in [1.54, 1.807) is 4.68 Å². The minimum absolute atomic E-state index is 0.0222. The SMILES string of the molecule is CC.CC.CC1CCCCOc2cc(CN3CCCCC3)cc(c2N)NC(=O)Cc2cccc3c(=O)n1[nH]c23. The summed E-state index contributed by atoms with van der Waals surface area (Å²) in [6.07, 6.45) is 6.48. The highest BCUT2D eigenvalue weighted by atomic mass is 16.5. The van der Waals surface area contributed by atoms with E-state index < -0.39 is 0 Å². The number of nitrogens with two attached hydrogens (primary N) is 1. The summed E-state index contributed by atoms with van der Waals surface area (Å²) in [6, 6.07) is 9.55. The van der Waals surface area contributed by atoms with Crippen molar-refractivity contribution in [3.8, 4) is 5.75 Å². The van der Waals surface area contributed by atoms with Gasteiger partial charge in [0.25, 0.3) is 5.56 Å². The molecule has 0 radical (unpaired) electrons. The maximum absolute atomic E-state index is 13.1. The van der Waals surface area contributed by atoms with Crippen molar-refractivity contribution >= 4 is 28.2 Å². The molecule has 8 heteroatoms. The molecular formula is C31H47N5O3. The molecule has 0 aliphatic carbocycles. The van der Waals surface area contributed by atoms with Crippen LogP contribution in [-0.2, 0) is 17.8 Å². The number of hydrogen-bond acceptors (Lipinski definition) is 5. The lowest BCUT2D eigenvalue weighted by Crippen LogP contribution is -2.29. The maximum atomic E-state index is 13.1. The smallest absolute Gasteiger partial charge is 0.274 e. The number of nitrogen functional groups attached to an aromatic ring is 1. The van der Waals surface area contributed by atoms with Crippen LogP contribution in [0.2, 0.25) is 0 Å². The average molecular weight is 538 g/mol. The van der Waals surface area contributed by atoms with E-state index in [9.17, 15) is 9.59 Å². The molecule has 2 aliphatic rings. The van der Waals surface area contributed by atoms with Gasteiger partial charge in [0, 0.05) is 6.54 Å². The summed E-state index contributed by atoms with van der Waals surface area (Å²) in [4.78, 5) is 28.6. The van der Waals surface area contributed by atoms with Gasteiger partial charge in [0.1, 0.15) is 5.75 Å². The Hall–Kier alpha value is -3.26. The number of carbonyl (C=O) groups is 1. The summed E-state index contributed by atoms with van der Waals surface area (Å²) in [5, 5.41) is 6.89. The predicted octanol–water partition coefficient (Wildman–Crippen LogP) is 6.26. The van der Waals surface area contributed by atoms with Gasteiger partial charge in [-0.25, -0.2) is 4.68 Å². The van der Waals surface area contributed by atoms with Crippen LogP contribution in [0.1, 0.15) is 90.3 Å². The number of ether oxygens (including phenoxy) is 1. The lowest BCUT2D eigenvalue weighted by Gasteiger charge is -2.27. The molecule has 1 aromatic heterocycles. The van der Waals surface area contributed by atoms with Gasteiger partial charge in [-0.2, -0.15) is 0 Å². The first-order chi connectivity index (χ1) is 19.0. The molecule has 1 fully saturated rings. The molecule has 3 aromatic rings. The van der Waals surface area contributed by atoms with Crippen LogP contribution in [-0.4, -0.2) is 40.3 Å². The highest BCUT2D eigenvalue weighted by molar-refractivity contribution is 5.98. The lowest BCUT2D eigenvalue weighted by molar-refractivity contribution is -0.115. The topological polar surface area (TPSA) is 105 Å². The number of para-hydroxylation sites is 1. The van der Waals surface area contributed by atoms with Crippen molar-refractivity contribution in [2.45, 2.75) is 92.2 Å². The van der Waals surface area contributed by atoms with Gasteiger partial charge in [-0.1, -0.05) is 46.2 Å². The Morgan fingerprint density at radius 3 is 2.49 bits per heavy atom. The molecule has 8 nitrogen and oxygen atoms in total. The van der Waals surface area contributed by atoms with Gasteiger partial charge in [-0.3, -0.25) is 19.6 Å². The summed E-state index contributed by atoms with van der Waals surface area (Å²) < 4.78 is 7.80. The second-order valence-corrected chi connectivity index (χ2v) is 9.94. The monoisotopic (exact) mass is 537 g/mol. The number of amides is 1. The summed E-state index contributed by atoms with van der Waals surface area (Å²) in [7, 11) is 0. The number of rotatable bonds is 2. The molecule has 1 unspecified atom stereocenters. The number of carbonyl (C=O) groups excluding carboxylic acids is 1. The summed E-state index contributed by atoms with van der Waals surface area (Å²) in [5.74, 6) is 0.444. The van der Waals surface area contributed by atoms with Crippen molar-refractivity contribution in [2.24, 2.45) is 0 Å². The summed E-state index contributed by atoms with van der Waals surface area (Å²) >= 11 is 0. The number of nitrogens with one attached hydrogen (secondary N) is 2. The molecule has 0 saturated carbocycles. The number of hydrogen-bond donors (Lipinski definition) is 3. The normalized spacial score (nSPS) is 18.3. The quantitative estimate of drug-likeness (QED) is 0.335. The first kappa shape index (κ1) is 30.3. The lowest BCUT2D eigenvalue weighted by atomic mass is 10.1. The molecule has 1 atom stereocenters. The van der Waals surface area contributed by atoms with Gasteiger partial charge in [0.15, 0.2) is 0 Å². The predicted molar refractivity (Wildman–Crippen MR) is 162 cm³/mol. The first-order valence-corrected chi connectivity index (χ1v) is 14.8. The van der Waals surface area contributed by atoms with Crippen LogP contribution in [0, 0.1) is 0 Å². The first-order valence-electron chi connectivity index (χ1n) is 14.8. The highest BCUT2D eigenvalue weighted by Crippen LogP contribution is 2.33. The third-order valence-electron chi connectivity index (χ3n) is 7.23. The number of aromatic nitrogens is 2. The summed E-state index contributed by atoms with van der Waals surface area (Å²) in [5.41, 5.74) is 10.1. The number of nitrogens with zero attached hydrogens (tertiary/aromatic N) is 2. The maximum Gasteiger partial charge on any atom is 0.274 e. The number of H-pyrrole nitrogens is 1. The highest BCUT2D eigenvalue weighted by Gasteiger charge is 2.19. The van der Waals surface area contributed by atoms with E-state index >= 15 is 0 Å². The van der Waals surface area contributed by atoms with Crippen molar-refractivity contribution in [1.29, 1.82) is 0 Å². The number of anilines is 2. The Bertz CT molecular complexity index is 1270. The summed E-state index contributed by atoms with van der Waals surface area (Å²) in [6.45, 7) is 13.6. The van der Waals surface area contributed by atoms with E-state index in [1.807, 2.05) is 65.0 Å². The van der Waals surface area contributed by atoms with Crippen LogP contribution >= 0.6 is 0 Å². The molecule has 2 aliphatic heterocycles. The molecular weight excluding hydrogens is 490 g/mol. The number of aromatic amines is 1. The second-order valence-electron chi connectivity index (χ2n) is 9.94. The molecule has 4 bridgehead atoms. The molecule has 0 spiro atoms. The van der Waals surface area contributed by atoms with Crippen molar-refractivity contribution in [1.82, 2.24) is 14.7 Å². The zero-order valence-corrected chi connectivity index (χ0v) is 24.4. The van der Waals surface area contributed by atoms with E-state index in [2.05, 4.69) is 15.3 Å². The van der Waals surface area contributed by atoms with Crippen molar-refractivity contribution in [3.63, 3.8) is 0 Å². The number of likely N-dealkylation sites (tertiary alicyclic amines) is 1. The molecule has 1 amide bonds. The van der Waals surface area contributed by atoms with E-state index in [0.29, 0.717) is 29.1 Å². The molecule has 5 rings (SSSR count). The standard InChI is InChI=1S/C27H35N5O3.2C2H6/c1-18-8-3-6-13-35-23-15-19(17-31-11-4-2-5-12-31)14-22(25(23)28)29-24(33)16-20-9-7-10-21-26(20)30-32(18)27(21)34;2*1-2/h7,9-10,14-15,18,30H,2-6,8,11-13,16-17,28H2,1H3,(H,29,33);2*1-2H3. The Labute approximate surface area is 232 Å². The second kappa shape index (κ2) is 14.8. The molecule has 2 aromatic carbocycles. The van der Waals surface area contributed by atoms with Crippen LogP contribution < -0.4 is 21.3 Å². The van der Waals surface area contributed by atoms with Crippen LogP contribution in [0.3, 0.4) is 0 Å². The van der Waals surface area contributed by atoms with Crippen molar-refractivity contribution in [2.75, 3.05) is 30.7 Å². The van der Waals surface area contributed by atoms with Gasteiger partial charge in [0.05, 0.1) is 41.3 Å². The van der Waals surface area contributed by atoms with Crippen molar-refractivity contribution < 1.29 is 9.53 Å². The van der Waals surface area contributed by atoms with Gasteiger partial charge >= 0.3 is 0 Å². The fraction of sp³-hybridized carbons (Fsp3) is 0.548. The van der Waals surface area contributed by atoms with Gasteiger partial charge in [-0.05, 0) is 81.4 Å². The third-order valence-corrected chi connectivity index (χ3v) is 7.23. The number of piperidine rings is 1. The minimum Gasteiger partial charge on any atom is -0.491 e. The molecule has 214 valence electrons. The zero-order chi connectivity index (χ0) is 28.4. The van der Waals surface area contributed by atoms with Crippen LogP contribution in [0.4, 0.5) is 11.4 Å². The molecule has 39 heavy (non-hydrogen) atoms. The number of benzene rings is 2. The largest absolute Gasteiger partial charge is 0.491 e. The number of fused-ring (bicyclic) bond motifs is 3. The fourth-order valence-corrected chi connectivity index (χ4v) is 5.26. The van der Waals surface area contributed by atoms with Gasteiger partial charge < -0.3 is 15.8 Å². The Balaban J connectivity index is 0.00000100. The Morgan fingerprint density at radius 2 is 1.74 bits per heavy atom. The molecule has 1 saturated heterocycles. The van der Waals surface area contributed by atoms with Crippen molar-refractivity contribution in [3.05, 3.63) is 51.8 Å². The van der Waals surface area contributed by atoms with E-state index in [4.69, 9.17) is 10.5 Å². The van der Waals surface area contributed by atoms with Gasteiger partial charge in [0.2, 0.25) is 5.91 Å². The van der Waals surface area contributed by atoms with Crippen LogP contribution in [0.5, 0.6) is 5.75 Å². The Kier molecular flexibility index (Phi) is 11.5. The third kappa shape index (κ3) is 7.44. The zero-order valence-electron chi connectivity index (χ0n) is 24.4. The average Bonchev–Trinajstić information content (AvgIpc) is 3.30. The van der Waals surface area contributed by atoms with Crippen LogP contribution in [0.15, 0.2) is 35.1 Å². The molecule has 3 heterocycles. The van der Waals surface area contributed by atoms with E-state index in [-0.39, 0.29) is 23.9 Å². The van der Waals surface area contributed by atoms with Crippen LogP contribution in [0.25, 0.3) is 10.9 Å². The van der Waals surface area contributed by atoms with Gasteiger partial charge in [-0.15, -0.1) is 0 Å². The van der Waals surface area contributed by atoms with E-state index in [0.717, 1.165) is 55.5 Å². The fourth-order valence-electron chi connectivity index (χ4n) is 5.26. The van der Waals surface area contributed by atoms with E-state index in [1.165, 1.54) is 19.3 Å². The molecule has 4 N–H and O–H groups in total.